The Morgan fingerprint density at radius 3 is 2.52 bits per heavy atom. The number of piperidine rings is 1. The van der Waals surface area contributed by atoms with Crippen LogP contribution in [0.3, 0.4) is 0 Å². The van der Waals surface area contributed by atoms with E-state index in [2.05, 4.69) is 5.10 Å². The van der Waals surface area contributed by atoms with Crippen LogP contribution in [0, 0.1) is 12.7 Å². The molecule has 0 saturated carbocycles. The first-order valence-electron chi connectivity index (χ1n) is 11.6. The fraction of sp³-hybridized carbons (Fsp3) is 0.423. The highest BCUT2D eigenvalue weighted by Crippen LogP contribution is 2.33. The van der Waals surface area contributed by atoms with Crippen LogP contribution in [-0.2, 0) is 14.3 Å². The van der Waals surface area contributed by atoms with Gasteiger partial charge in [-0.05, 0) is 56.5 Å². The average Bonchev–Trinajstić information content (AvgIpc) is 3.26. The molecule has 0 N–H and O–H groups in total. The van der Waals surface area contributed by atoms with Gasteiger partial charge in [-0.3, -0.25) is 14.5 Å². The number of rotatable bonds is 6. The first-order valence-corrected chi connectivity index (χ1v) is 11.6. The smallest absolute Gasteiger partial charge is 0.323 e. The minimum atomic E-state index is -0.399. The molecule has 174 valence electrons. The molecular formula is C26H30FN3O3. The molecule has 2 aromatic rings. The molecular weight excluding hydrogens is 421 g/mol. The van der Waals surface area contributed by atoms with Gasteiger partial charge >= 0.3 is 5.97 Å². The number of nitrogens with zero attached hydrogens (tertiary/aromatic N) is 3. The number of hydrazone groups is 1. The molecule has 0 radical (unpaired) electrons. The van der Waals surface area contributed by atoms with Crippen molar-refractivity contribution in [3.8, 4) is 0 Å². The van der Waals surface area contributed by atoms with Crippen LogP contribution in [0.1, 0.15) is 55.3 Å². The van der Waals surface area contributed by atoms with Gasteiger partial charge in [-0.25, -0.2) is 9.40 Å². The molecule has 2 aliphatic rings. The van der Waals surface area contributed by atoms with Gasteiger partial charge in [0.2, 0.25) is 0 Å². The lowest BCUT2D eigenvalue weighted by atomic mass is 9.97. The Morgan fingerprint density at radius 1 is 1.09 bits per heavy atom. The molecule has 2 atom stereocenters. The maximum Gasteiger partial charge on any atom is 0.323 e. The molecule has 1 saturated heterocycles. The lowest BCUT2D eigenvalue weighted by Gasteiger charge is -2.34. The van der Waals surface area contributed by atoms with Crippen LogP contribution in [0.4, 0.5) is 4.39 Å². The summed E-state index contributed by atoms with van der Waals surface area (Å²) in [7, 11) is 0. The number of benzene rings is 2. The average molecular weight is 452 g/mol. The highest BCUT2D eigenvalue weighted by molar-refractivity contribution is 6.03. The second kappa shape index (κ2) is 10.3. The molecule has 2 aliphatic heterocycles. The maximum atomic E-state index is 13.5. The Hall–Kier alpha value is -3.06. The molecule has 2 unspecified atom stereocenters. The maximum absolute atomic E-state index is 13.5. The molecule has 2 heterocycles. The van der Waals surface area contributed by atoms with E-state index in [1.54, 1.807) is 24.1 Å². The first-order chi connectivity index (χ1) is 16.0. The molecule has 6 nitrogen and oxygen atoms in total. The number of ether oxygens (including phenoxy) is 1. The zero-order valence-electron chi connectivity index (χ0n) is 19.2. The second-order valence-electron chi connectivity index (χ2n) is 8.66. The molecule has 0 bridgehead atoms. The highest BCUT2D eigenvalue weighted by Gasteiger charge is 2.37. The van der Waals surface area contributed by atoms with E-state index >= 15 is 0 Å². The quantitative estimate of drug-likeness (QED) is 0.617. The summed E-state index contributed by atoms with van der Waals surface area (Å²) in [6, 6.07) is 13.6. The van der Waals surface area contributed by atoms with Gasteiger partial charge in [-0.15, -0.1) is 0 Å². The van der Waals surface area contributed by atoms with Crippen molar-refractivity contribution in [2.75, 3.05) is 19.7 Å². The van der Waals surface area contributed by atoms with Crippen molar-refractivity contribution >= 4 is 17.6 Å². The van der Waals surface area contributed by atoms with E-state index in [9.17, 15) is 14.0 Å². The molecule has 0 spiro atoms. The van der Waals surface area contributed by atoms with E-state index in [1.165, 1.54) is 12.1 Å². The van der Waals surface area contributed by atoms with Gasteiger partial charge in [0.05, 0.1) is 24.9 Å². The number of hydrogen-bond acceptors (Lipinski definition) is 5. The molecule has 1 amide bonds. The summed E-state index contributed by atoms with van der Waals surface area (Å²) < 4.78 is 18.7. The van der Waals surface area contributed by atoms with E-state index in [0.29, 0.717) is 26.0 Å². The van der Waals surface area contributed by atoms with Crippen molar-refractivity contribution in [1.29, 1.82) is 0 Å². The molecule has 4 rings (SSSR count). The summed E-state index contributed by atoms with van der Waals surface area (Å²) in [5.74, 6) is -0.735. The first kappa shape index (κ1) is 23.1. The van der Waals surface area contributed by atoms with Gasteiger partial charge in [0.15, 0.2) is 0 Å². The lowest BCUT2D eigenvalue weighted by Crippen LogP contribution is -2.49. The number of carbonyl (C=O) groups excluding carboxylic acids is 2. The van der Waals surface area contributed by atoms with Gasteiger partial charge < -0.3 is 4.74 Å². The number of halogens is 1. The van der Waals surface area contributed by atoms with E-state index in [-0.39, 0.29) is 30.3 Å². The van der Waals surface area contributed by atoms with Crippen molar-refractivity contribution in [3.63, 3.8) is 0 Å². The van der Waals surface area contributed by atoms with Gasteiger partial charge in [0, 0.05) is 6.42 Å². The van der Waals surface area contributed by atoms with Crippen LogP contribution in [-0.4, -0.2) is 53.2 Å². The van der Waals surface area contributed by atoms with Crippen LogP contribution in [0.2, 0.25) is 0 Å². The fourth-order valence-electron chi connectivity index (χ4n) is 4.54. The molecule has 33 heavy (non-hydrogen) atoms. The third kappa shape index (κ3) is 5.30. The van der Waals surface area contributed by atoms with Gasteiger partial charge in [-0.2, -0.15) is 5.10 Å². The summed E-state index contributed by atoms with van der Waals surface area (Å²) in [5, 5.41) is 6.22. The number of aryl methyl sites for hydroxylation is 1. The van der Waals surface area contributed by atoms with E-state index in [0.717, 1.165) is 35.2 Å². The second-order valence-corrected chi connectivity index (χ2v) is 8.66. The Bertz CT molecular complexity index is 1020. The van der Waals surface area contributed by atoms with E-state index < -0.39 is 6.04 Å². The van der Waals surface area contributed by atoms with Gasteiger partial charge in [-0.1, -0.05) is 48.4 Å². The van der Waals surface area contributed by atoms with Crippen molar-refractivity contribution in [2.45, 2.75) is 51.6 Å². The van der Waals surface area contributed by atoms with Crippen LogP contribution >= 0.6 is 0 Å². The van der Waals surface area contributed by atoms with Crippen molar-refractivity contribution in [1.82, 2.24) is 9.91 Å². The SMILES string of the molecule is CCOC(=O)C1CCCCN1CC(=O)N1N=C(c2ccc(F)cc2)CC1c1ccc(C)cc1. The Kier molecular flexibility index (Phi) is 7.18. The molecule has 2 aromatic carbocycles. The monoisotopic (exact) mass is 451 g/mol. The predicted octanol–water partition coefficient (Wildman–Crippen LogP) is 4.23. The summed E-state index contributed by atoms with van der Waals surface area (Å²) in [4.78, 5) is 27.9. The normalized spacial score (nSPS) is 21.1. The number of carbonyl (C=O) groups is 2. The summed E-state index contributed by atoms with van der Waals surface area (Å²) in [6.45, 7) is 4.91. The molecule has 1 fully saturated rings. The number of amides is 1. The molecule has 0 aromatic heterocycles. The minimum Gasteiger partial charge on any atom is -0.465 e. The van der Waals surface area contributed by atoms with Crippen molar-refractivity contribution in [3.05, 3.63) is 71.0 Å². The summed E-state index contributed by atoms with van der Waals surface area (Å²) in [5.41, 5.74) is 3.68. The largest absolute Gasteiger partial charge is 0.465 e. The zero-order valence-corrected chi connectivity index (χ0v) is 19.2. The van der Waals surface area contributed by atoms with Crippen LogP contribution in [0.5, 0.6) is 0 Å². The Morgan fingerprint density at radius 2 is 1.82 bits per heavy atom. The van der Waals surface area contributed by atoms with Crippen molar-refractivity contribution in [2.24, 2.45) is 5.10 Å². The fourth-order valence-corrected chi connectivity index (χ4v) is 4.54. The Labute approximate surface area is 194 Å². The standard InChI is InChI=1S/C26H30FN3O3/c1-3-33-26(32)23-6-4-5-15-29(23)17-25(31)30-24(20-9-7-18(2)8-10-20)16-22(28-30)19-11-13-21(27)14-12-19/h7-14,23-24H,3-6,15-17H2,1-2H3. The topological polar surface area (TPSA) is 62.2 Å². The van der Waals surface area contributed by atoms with E-state index in [4.69, 9.17) is 4.74 Å². The third-order valence-corrected chi connectivity index (χ3v) is 6.32. The van der Waals surface area contributed by atoms with Crippen LogP contribution in [0.15, 0.2) is 53.6 Å². The molecule has 0 aliphatic carbocycles. The highest BCUT2D eigenvalue weighted by atomic mass is 19.1. The van der Waals surface area contributed by atoms with Crippen molar-refractivity contribution < 1.29 is 18.7 Å². The third-order valence-electron chi connectivity index (χ3n) is 6.32. The van der Waals surface area contributed by atoms with Crippen LogP contribution < -0.4 is 0 Å². The lowest BCUT2D eigenvalue weighted by molar-refractivity contribution is -0.152. The molecule has 7 heteroatoms. The predicted molar refractivity (Wildman–Crippen MR) is 124 cm³/mol. The van der Waals surface area contributed by atoms with Gasteiger partial charge in [0.1, 0.15) is 11.9 Å². The van der Waals surface area contributed by atoms with Gasteiger partial charge in [0.25, 0.3) is 5.91 Å². The number of likely N-dealkylation sites (tertiary alicyclic amines) is 1. The zero-order chi connectivity index (χ0) is 23.4. The summed E-state index contributed by atoms with van der Waals surface area (Å²) in [6.07, 6.45) is 3.12. The Balaban J connectivity index is 1.59. The summed E-state index contributed by atoms with van der Waals surface area (Å²) >= 11 is 0. The van der Waals surface area contributed by atoms with Crippen LogP contribution in [0.25, 0.3) is 0 Å². The minimum absolute atomic E-state index is 0.103. The van der Waals surface area contributed by atoms with E-state index in [1.807, 2.05) is 36.1 Å². The number of hydrogen-bond donors (Lipinski definition) is 0. The number of esters is 1.